The first kappa shape index (κ1) is 33.3. The van der Waals surface area contributed by atoms with Gasteiger partial charge in [0.2, 0.25) is 5.60 Å². The molecule has 12 heteroatoms. The molecule has 1 unspecified atom stereocenters. The maximum atomic E-state index is 14.2. The van der Waals surface area contributed by atoms with Crippen molar-refractivity contribution >= 4 is 39.0 Å². The molecule has 0 bridgehead atoms. The number of nitrogens with zero attached hydrogens (tertiary/aromatic N) is 2. The van der Waals surface area contributed by atoms with Gasteiger partial charge in [0.15, 0.2) is 0 Å². The average molecular weight is 654 g/mol. The van der Waals surface area contributed by atoms with Gasteiger partial charge in [-0.15, -0.1) is 0 Å². The van der Waals surface area contributed by atoms with Gasteiger partial charge in [0, 0.05) is 21.4 Å². The number of hydrogen-bond donors (Lipinski definition) is 2. The molecule has 0 saturated heterocycles. The molecule has 2 aliphatic heterocycles. The molecular weight excluding hydrogens is 610 g/mol. The number of phenols is 1. The molecular formula is C34H43N3O8S. The van der Waals surface area contributed by atoms with Crippen LogP contribution >= 0.6 is 10.0 Å². The Morgan fingerprint density at radius 3 is 2.48 bits per heavy atom. The summed E-state index contributed by atoms with van der Waals surface area (Å²) in [6.45, 7) is 12.8. The number of alkyl carbamates (subject to hydrolysis) is 1. The fourth-order valence-corrected chi connectivity index (χ4v) is 9.60. The highest BCUT2D eigenvalue weighted by molar-refractivity contribution is 8.33. The Hall–Kier alpha value is -4.06. The van der Waals surface area contributed by atoms with Crippen LogP contribution < -0.4 is 10.9 Å². The van der Waals surface area contributed by atoms with Gasteiger partial charge in [0.25, 0.3) is 5.56 Å². The molecule has 0 spiro atoms. The van der Waals surface area contributed by atoms with E-state index in [1.807, 2.05) is 0 Å². The highest BCUT2D eigenvalue weighted by Gasteiger charge is 2.50. The Kier molecular flexibility index (Phi) is 8.42. The smallest absolute Gasteiger partial charge is 0.408 e. The second kappa shape index (κ2) is 11.6. The molecule has 0 fully saturated rings. The Morgan fingerprint density at radius 2 is 1.85 bits per heavy atom. The number of rotatable bonds is 7. The van der Waals surface area contributed by atoms with Crippen LogP contribution in [0.3, 0.4) is 0 Å². The lowest BCUT2D eigenvalue weighted by Crippen LogP contribution is -2.49. The number of hydrogen-bond acceptors (Lipinski definition) is 9. The zero-order chi connectivity index (χ0) is 33.9. The molecule has 0 radical (unpaired) electrons. The Balaban J connectivity index is 1.65. The zero-order valence-electron chi connectivity index (χ0n) is 27.9. The number of pyridine rings is 2. The first-order valence-corrected chi connectivity index (χ1v) is 17.9. The number of esters is 2. The highest BCUT2D eigenvalue weighted by atomic mass is 32.3. The first-order chi connectivity index (χ1) is 21.4. The molecule has 0 aliphatic carbocycles. The predicted octanol–water partition coefficient (Wildman–Crippen LogP) is 5.33. The SMILES string of the molecule is CC[C@@]1(OC(=O)CNC(=O)OC(C)(C)C)C(=O)OCc2c1cc1n(c2=O)Cc2c-1nc1ccc(O)cc1c2S(C)(C)C(C)C(C)C. The number of carbonyl (C=O) groups is 3. The molecule has 2 N–H and O–H groups in total. The lowest BCUT2D eigenvalue weighted by molar-refractivity contribution is -0.188. The van der Waals surface area contributed by atoms with Crippen LogP contribution in [0, 0.1) is 5.92 Å². The van der Waals surface area contributed by atoms with E-state index in [4.69, 9.17) is 19.2 Å². The van der Waals surface area contributed by atoms with Crippen molar-refractivity contribution in [3.63, 3.8) is 0 Å². The molecule has 5 rings (SSSR count). The zero-order valence-corrected chi connectivity index (χ0v) is 28.7. The fourth-order valence-electron chi connectivity index (χ4n) is 6.34. The van der Waals surface area contributed by atoms with Crippen molar-refractivity contribution < 1.29 is 33.7 Å². The number of amides is 1. The van der Waals surface area contributed by atoms with Crippen molar-refractivity contribution in [2.45, 2.75) is 89.4 Å². The average Bonchev–Trinajstić information content (AvgIpc) is 3.33. The third-order valence-corrected chi connectivity index (χ3v) is 13.0. The molecule has 11 nitrogen and oxygen atoms in total. The summed E-state index contributed by atoms with van der Waals surface area (Å²) in [6, 6.07) is 6.84. The second-order valence-corrected chi connectivity index (χ2v) is 17.7. The van der Waals surface area contributed by atoms with E-state index in [2.05, 4.69) is 38.6 Å². The van der Waals surface area contributed by atoms with Crippen LogP contribution in [0.15, 0.2) is 34.0 Å². The highest BCUT2D eigenvalue weighted by Crippen LogP contribution is 2.61. The van der Waals surface area contributed by atoms with Crippen LogP contribution in [0.5, 0.6) is 5.75 Å². The molecule has 248 valence electrons. The van der Waals surface area contributed by atoms with Crippen molar-refractivity contribution in [1.29, 1.82) is 0 Å². The van der Waals surface area contributed by atoms with Crippen molar-refractivity contribution in [3.05, 3.63) is 51.3 Å². The lowest BCUT2D eigenvalue weighted by atomic mass is 9.85. The molecule has 0 saturated carbocycles. The molecule has 4 heterocycles. The molecule has 46 heavy (non-hydrogen) atoms. The second-order valence-electron chi connectivity index (χ2n) is 13.7. The number of fused-ring (bicyclic) bond motifs is 5. The number of aromatic hydroxyl groups is 1. The van der Waals surface area contributed by atoms with Gasteiger partial charge in [0.05, 0.1) is 29.0 Å². The largest absolute Gasteiger partial charge is 0.508 e. The third kappa shape index (κ3) is 5.61. The molecule has 2 atom stereocenters. The van der Waals surface area contributed by atoms with Crippen LogP contribution in [-0.4, -0.2) is 62.6 Å². The molecule has 3 aromatic rings. The third-order valence-electron chi connectivity index (χ3n) is 9.04. The van der Waals surface area contributed by atoms with Gasteiger partial charge in [-0.2, -0.15) is 0 Å². The van der Waals surface area contributed by atoms with E-state index in [0.717, 1.165) is 15.8 Å². The Morgan fingerprint density at radius 1 is 1.15 bits per heavy atom. The summed E-state index contributed by atoms with van der Waals surface area (Å²) in [5, 5.41) is 14.0. The minimum Gasteiger partial charge on any atom is -0.508 e. The molecule has 1 amide bonds. The lowest BCUT2D eigenvalue weighted by Gasteiger charge is -2.42. The summed E-state index contributed by atoms with van der Waals surface area (Å²) >= 11 is 0. The number of nitrogens with one attached hydrogen (secondary N) is 1. The normalized spacial score (nSPS) is 18.3. The quantitative estimate of drug-likeness (QED) is 0.200. The van der Waals surface area contributed by atoms with Gasteiger partial charge in [-0.3, -0.25) is 9.59 Å². The standard InChI is InChI=1S/C34H43N3O8S/c1-10-34(44-27(39)15-35-32(42)45-33(5,6)7)24-14-26-28-22(16-37(26)30(40)23(24)17-43-31(34)41)29(46(8,9)19(4)18(2)3)21-13-20(38)11-12-25(21)36-28/h11-14,18-19,38H,10,15-17H2,1-9H3,(H,35,42)/t19?,34-/m0/s1. The minimum absolute atomic E-state index is 0.00841. The Labute approximate surface area is 269 Å². The van der Waals surface area contributed by atoms with E-state index >= 15 is 0 Å². The Bertz CT molecular complexity index is 1820. The van der Waals surface area contributed by atoms with Crippen LogP contribution in [0.25, 0.3) is 22.3 Å². The van der Waals surface area contributed by atoms with E-state index in [-0.39, 0.29) is 42.0 Å². The van der Waals surface area contributed by atoms with Crippen LogP contribution in [-0.2, 0) is 42.6 Å². The molecule has 1 aromatic carbocycles. The summed E-state index contributed by atoms with van der Waals surface area (Å²) in [7, 11) is -1.49. The van der Waals surface area contributed by atoms with Gasteiger partial charge in [-0.05, 0) is 75.1 Å². The van der Waals surface area contributed by atoms with E-state index in [0.29, 0.717) is 28.1 Å². The van der Waals surface area contributed by atoms with Crippen molar-refractivity contribution in [2.75, 3.05) is 19.1 Å². The number of carbonyl (C=O) groups excluding carboxylic acids is 3. The topological polar surface area (TPSA) is 146 Å². The number of ether oxygens (including phenoxy) is 3. The van der Waals surface area contributed by atoms with Crippen molar-refractivity contribution in [1.82, 2.24) is 14.9 Å². The van der Waals surface area contributed by atoms with E-state index < -0.39 is 45.8 Å². The molecule has 2 aliphatic rings. The van der Waals surface area contributed by atoms with E-state index in [1.54, 1.807) is 56.5 Å². The number of benzene rings is 1. The van der Waals surface area contributed by atoms with Gasteiger partial charge in [0.1, 0.15) is 24.5 Å². The number of aromatic nitrogens is 2. The van der Waals surface area contributed by atoms with E-state index in [9.17, 15) is 24.3 Å². The monoisotopic (exact) mass is 653 g/mol. The van der Waals surface area contributed by atoms with Gasteiger partial charge >= 0.3 is 18.0 Å². The summed E-state index contributed by atoms with van der Waals surface area (Å²) in [4.78, 5) is 58.8. The van der Waals surface area contributed by atoms with Crippen molar-refractivity contribution in [2.24, 2.45) is 5.92 Å². The maximum Gasteiger partial charge on any atom is 0.408 e. The summed E-state index contributed by atoms with van der Waals surface area (Å²) in [6.07, 6.45) is 3.69. The van der Waals surface area contributed by atoms with Gasteiger partial charge < -0.3 is 29.2 Å². The summed E-state index contributed by atoms with van der Waals surface area (Å²) in [5.41, 5.74) is 0.146. The van der Waals surface area contributed by atoms with Crippen LogP contribution in [0.4, 0.5) is 4.79 Å². The van der Waals surface area contributed by atoms with E-state index in [1.165, 1.54) is 0 Å². The summed E-state index contributed by atoms with van der Waals surface area (Å²) < 4.78 is 18.1. The summed E-state index contributed by atoms with van der Waals surface area (Å²) in [5.74, 6) is -1.17. The van der Waals surface area contributed by atoms with Crippen LogP contribution in [0.1, 0.15) is 71.6 Å². The first-order valence-electron chi connectivity index (χ1n) is 15.4. The predicted molar refractivity (Wildman–Crippen MR) is 176 cm³/mol. The number of phenolic OH excluding ortho intramolecular Hbond substituents is 1. The van der Waals surface area contributed by atoms with Crippen molar-refractivity contribution in [3.8, 4) is 17.1 Å². The van der Waals surface area contributed by atoms with Crippen LogP contribution in [0.2, 0.25) is 0 Å². The molecule has 2 aromatic heterocycles. The fraction of sp³-hybridized carbons (Fsp3) is 0.500. The maximum absolute atomic E-state index is 14.2. The minimum atomic E-state index is -1.90. The van der Waals surface area contributed by atoms with Gasteiger partial charge in [-0.1, -0.05) is 27.7 Å². The van der Waals surface area contributed by atoms with Gasteiger partial charge in [-0.25, -0.2) is 24.6 Å². The number of cyclic esters (lactones) is 1.